The van der Waals surface area contributed by atoms with Crippen molar-refractivity contribution in [3.05, 3.63) is 41.1 Å². The lowest BCUT2D eigenvalue weighted by molar-refractivity contribution is -0.119. The van der Waals surface area contributed by atoms with E-state index in [-0.39, 0.29) is 18.0 Å². The summed E-state index contributed by atoms with van der Waals surface area (Å²) in [5.41, 5.74) is 1.76. The van der Waals surface area contributed by atoms with Gasteiger partial charge in [0.1, 0.15) is 6.54 Å². The van der Waals surface area contributed by atoms with E-state index in [2.05, 4.69) is 10.2 Å². The van der Waals surface area contributed by atoms with Crippen molar-refractivity contribution in [3.8, 4) is 0 Å². The van der Waals surface area contributed by atoms with Crippen LogP contribution >= 0.6 is 0 Å². The van der Waals surface area contributed by atoms with Gasteiger partial charge in [-0.3, -0.25) is 4.79 Å². The number of hydrogen-bond acceptors (Lipinski definition) is 5. The highest BCUT2D eigenvalue weighted by molar-refractivity contribution is 5.97. The molecule has 1 aliphatic rings. The average molecular weight is 287 g/mol. The first kappa shape index (κ1) is 13.3. The van der Waals surface area contributed by atoms with Gasteiger partial charge >= 0.3 is 5.97 Å². The summed E-state index contributed by atoms with van der Waals surface area (Å²) in [6.07, 6.45) is 0.873. The van der Waals surface area contributed by atoms with Crippen molar-refractivity contribution >= 4 is 17.6 Å². The Morgan fingerprint density at radius 1 is 1.38 bits per heavy atom. The molecule has 0 unspecified atom stereocenters. The van der Waals surface area contributed by atoms with Crippen molar-refractivity contribution in [3.63, 3.8) is 0 Å². The Balaban J connectivity index is 1.95. The summed E-state index contributed by atoms with van der Waals surface area (Å²) in [4.78, 5) is 24.7. The third-order valence-electron chi connectivity index (χ3n) is 3.39. The van der Waals surface area contributed by atoms with Crippen molar-refractivity contribution in [2.24, 2.45) is 0 Å². The molecule has 0 spiro atoms. The standard InChI is InChI=1S/C14H13N3O4/c1-8-15-16-12(21-8)7-17-11-4-2-10(14(19)20)6-9(11)3-5-13(17)18/h2,4,6H,3,5,7H2,1H3,(H,19,20). The second-order valence-corrected chi connectivity index (χ2v) is 4.84. The van der Waals surface area contributed by atoms with Gasteiger partial charge in [0.05, 0.1) is 5.56 Å². The first-order chi connectivity index (χ1) is 10.0. The SMILES string of the molecule is Cc1nnc(CN2C(=O)CCc3cc(C(=O)O)ccc32)o1. The first-order valence-corrected chi connectivity index (χ1v) is 6.50. The van der Waals surface area contributed by atoms with Crippen LogP contribution in [0.4, 0.5) is 5.69 Å². The fraction of sp³-hybridized carbons (Fsp3) is 0.286. The lowest BCUT2D eigenvalue weighted by Gasteiger charge is -2.28. The summed E-state index contributed by atoms with van der Waals surface area (Å²) in [6.45, 7) is 1.88. The van der Waals surface area contributed by atoms with Gasteiger partial charge in [0, 0.05) is 19.0 Å². The van der Waals surface area contributed by atoms with Crippen LogP contribution in [0.3, 0.4) is 0 Å². The Kier molecular flexibility index (Phi) is 3.17. The fourth-order valence-corrected chi connectivity index (χ4v) is 2.40. The van der Waals surface area contributed by atoms with Crippen LogP contribution in [-0.2, 0) is 17.8 Å². The van der Waals surface area contributed by atoms with Crippen molar-refractivity contribution < 1.29 is 19.1 Å². The minimum Gasteiger partial charge on any atom is -0.478 e. The quantitative estimate of drug-likeness (QED) is 0.920. The molecule has 0 fully saturated rings. The third kappa shape index (κ3) is 2.49. The largest absolute Gasteiger partial charge is 0.478 e. The van der Waals surface area contributed by atoms with Gasteiger partial charge in [0.25, 0.3) is 0 Å². The van der Waals surface area contributed by atoms with E-state index >= 15 is 0 Å². The Bertz CT molecular complexity index is 723. The van der Waals surface area contributed by atoms with Crippen LogP contribution in [0.15, 0.2) is 22.6 Å². The highest BCUT2D eigenvalue weighted by Gasteiger charge is 2.26. The molecule has 1 N–H and O–H groups in total. The van der Waals surface area contributed by atoms with Crippen molar-refractivity contribution in [1.82, 2.24) is 10.2 Å². The summed E-state index contributed by atoms with van der Waals surface area (Å²) in [7, 11) is 0. The van der Waals surface area contributed by atoms with Gasteiger partial charge in [0.2, 0.25) is 17.7 Å². The zero-order valence-electron chi connectivity index (χ0n) is 11.4. The maximum Gasteiger partial charge on any atom is 0.335 e. The number of amides is 1. The second-order valence-electron chi connectivity index (χ2n) is 4.84. The molecule has 0 bridgehead atoms. The molecule has 1 aromatic carbocycles. The summed E-state index contributed by atoms with van der Waals surface area (Å²) in [5, 5.41) is 16.7. The Morgan fingerprint density at radius 3 is 2.86 bits per heavy atom. The van der Waals surface area contributed by atoms with Crippen LogP contribution < -0.4 is 4.90 Å². The van der Waals surface area contributed by atoms with Gasteiger partial charge in [-0.1, -0.05) is 0 Å². The number of aryl methyl sites for hydroxylation is 2. The zero-order chi connectivity index (χ0) is 15.0. The topological polar surface area (TPSA) is 96.5 Å². The highest BCUT2D eigenvalue weighted by Crippen LogP contribution is 2.30. The molecule has 0 saturated heterocycles. The van der Waals surface area contributed by atoms with Crippen molar-refractivity contribution in [1.29, 1.82) is 0 Å². The van der Waals surface area contributed by atoms with Gasteiger partial charge in [-0.15, -0.1) is 10.2 Å². The number of carboxylic acid groups (broad SMARTS) is 1. The number of carbonyl (C=O) groups is 2. The minimum absolute atomic E-state index is 0.0403. The lowest BCUT2D eigenvalue weighted by atomic mass is 9.98. The average Bonchev–Trinajstić information content (AvgIpc) is 2.87. The third-order valence-corrected chi connectivity index (χ3v) is 3.39. The maximum atomic E-state index is 12.1. The van der Waals surface area contributed by atoms with Gasteiger partial charge in [0.15, 0.2) is 0 Å². The zero-order valence-corrected chi connectivity index (χ0v) is 11.4. The number of benzene rings is 1. The summed E-state index contributed by atoms with van der Waals surface area (Å²) in [5.74, 6) is -0.220. The first-order valence-electron chi connectivity index (χ1n) is 6.50. The molecule has 0 saturated carbocycles. The number of nitrogens with zero attached hydrogens (tertiary/aromatic N) is 3. The lowest BCUT2D eigenvalue weighted by Crippen LogP contribution is -2.34. The van der Waals surface area contributed by atoms with Crippen molar-refractivity contribution in [2.45, 2.75) is 26.3 Å². The van der Waals surface area contributed by atoms with Crippen LogP contribution in [0.25, 0.3) is 0 Å². The van der Waals surface area contributed by atoms with E-state index in [4.69, 9.17) is 9.52 Å². The van der Waals surface area contributed by atoms with Crippen LogP contribution in [-0.4, -0.2) is 27.2 Å². The molecule has 0 atom stereocenters. The molecule has 3 rings (SSSR count). The predicted octanol–water partition coefficient (Wildman–Crippen LogP) is 1.56. The van der Waals surface area contributed by atoms with Crippen LogP contribution in [0, 0.1) is 6.92 Å². The summed E-state index contributed by atoms with van der Waals surface area (Å²) >= 11 is 0. The van der Waals surface area contributed by atoms with E-state index in [1.165, 1.54) is 6.07 Å². The molecule has 7 nitrogen and oxygen atoms in total. The minimum atomic E-state index is -0.978. The highest BCUT2D eigenvalue weighted by atomic mass is 16.4. The van der Waals surface area contributed by atoms with Gasteiger partial charge < -0.3 is 14.4 Å². The van der Waals surface area contributed by atoms with Crippen molar-refractivity contribution in [2.75, 3.05) is 4.90 Å². The number of rotatable bonds is 3. The smallest absolute Gasteiger partial charge is 0.335 e. The summed E-state index contributed by atoms with van der Waals surface area (Å²) in [6, 6.07) is 4.75. The maximum absolute atomic E-state index is 12.1. The molecular weight excluding hydrogens is 274 g/mol. The molecule has 7 heteroatoms. The normalized spacial score (nSPS) is 14.1. The molecule has 2 aromatic rings. The summed E-state index contributed by atoms with van der Waals surface area (Å²) < 4.78 is 5.30. The van der Waals surface area contributed by atoms with E-state index in [1.807, 2.05) is 0 Å². The molecule has 108 valence electrons. The van der Waals surface area contributed by atoms with E-state index < -0.39 is 5.97 Å². The molecule has 2 heterocycles. The molecule has 1 aliphatic heterocycles. The van der Waals surface area contributed by atoms with E-state index in [0.29, 0.717) is 30.3 Å². The van der Waals surface area contributed by atoms with Crippen LogP contribution in [0.2, 0.25) is 0 Å². The number of aromatic nitrogens is 2. The second kappa shape index (κ2) is 5.01. The van der Waals surface area contributed by atoms with Gasteiger partial charge in [-0.05, 0) is 30.2 Å². The van der Waals surface area contributed by atoms with Gasteiger partial charge in [-0.25, -0.2) is 4.79 Å². The van der Waals surface area contributed by atoms with E-state index in [9.17, 15) is 9.59 Å². The van der Waals surface area contributed by atoms with E-state index in [0.717, 1.165) is 5.56 Å². The van der Waals surface area contributed by atoms with Crippen LogP contribution in [0.1, 0.15) is 34.1 Å². The molecule has 0 radical (unpaired) electrons. The monoisotopic (exact) mass is 287 g/mol. The molecule has 1 amide bonds. The number of anilines is 1. The molecule has 21 heavy (non-hydrogen) atoms. The Hall–Kier alpha value is -2.70. The number of carboxylic acids is 1. The Labute approximate surface area is 120 Å². The number of aromatic carboxylic acids is 1. The Morgan fingerprint density at radius 2 is 2.19 bits per heavy atom. The predicted molar refractivity (Wildman–Crippen MR) is 71.9 cm³/mol. The van der Waals surface area contributed by atoms with E-state index in [1.54, 1.807) is 24.0 Å². The van der Waals surface area contributed by atoms with Crippen LogP contribution in [0.5, 0.6) is 0 Å². The molecule has 1 aromatic heterocycles. The number of fused-ring (bicyclic) bond motifs is 1. The number of carbonyl (C=O) groups excluding carboxylic acids is 1. The fourth-order valence-electron chi connectivity index (χ4n) is 2.40. The molecule has 0 aliphatic carbocycles. The number of hydrogen-bond donors (Lipinski definition) is 1. The molecular formula is C14H13N3O4. The van der Waals surface area contributed by atoms with Gasteiger partial charge in [-0.2, -0.15) is 0 Å².